The molecule has 3 aromatic carbocycles. The molecule has 1 atom stereocenters. The summed E-state index contributed by atoms with van der Waals surface area (Å²) in [5.74, 6) is 0.388. The minimum absolute atomic E-state index is 0.109. The van der Waals surface area contributed by atoms with Crippen LogP contribution < -0.4 is 19.7 Å². The Morgan fingerprint density at radius 2 is 1.74 bits per heavy atom. The Morgan fingerprint density at radius 1 is 1.03 bits per heavy atom. The van der Waals surface area contributed by atoms with Crippen LogP contribution in [0.2, 0.25) is 0 Å². The minimum Gasteiger partial charge on any atom is -0.493 e. The number of anilines is 1. The van der Waals surface area contributed by atoms with Gasteiger partial charge in [-0.3, -0.25) is 14.5 Å². The third-order valence-corrected chi connectivity index (χ3v) is 6.16. The number of hydrogen-bond donors (Lipinski definition) is 1. The Morgan fingerprint density at radius 3 is 2.44 bits per heavy atom. The molecule has 4 aromatic rings. The molecule has 0 aliphatic rings. The number of fused-ring (bicyclic) bond motifs is 1. The average molecular weight is 530 g/mol. The van der Waals surface area contributed by atoms with Crippen molar-refractivity contribution in [1.82, 2.24) is 20.3 Å². The Balaban J connectivity index is 1.87. The van der Waals surface area contributed by atoms with Gasteiger partial charge >= 0.3 is 0 Å². The fourth-order valence-electron chi connectivity index (χ4n) is 4.47. The van der Waals surface area contributed by atoms with Crippen LogP contribution in [0, 0.1) is 6.92 Å². The molecule has 39 heavy (non-hydrogen) atoms. The van der Waals surface area contributed by atoms with Crippen LogP contribution in [0.3, 0.4) is 0 Å². The van der Waals surface area contributed by atoms with Crippen molar-refractivity contribution in [2.45, 2.75) is 52.7 Å². The zero-order valence-electron chi connectivity index (χ0n) is 23.3. The second kappa shape index (κ2) is 11.6. The van der Waals surface area contributed by atoms with Gasteiger partial charge in [0.2, 0.25) is 11.8 Å². The maximum absolute atomic E-state index is 14.2. The topological polar surface area (TPSA) is 98.6 Å². The SMILES string of the molecule is CCOc1ccc(C(C(=O)NC(C)(C)C)N(C(=O)Cn2nnc3ccccc32)c2ccccc2C)cc1OC. The van der Waals surface area contributed by atoms with Gasteiger partial charge in [-0.05, 0) is 76.1 Å². The van der Waals surface area contributed by atoms with Crippen LogP contribution in [-0.4, -0.2) is 46.1 Å². The summed E-state index contributed by atoms with van der Waals surface area (Å²) in [7, 11) is 1.55. The lowest BCUT2D eigenvalue weighted by atomic mass is 9.99. The van der Waals surface area contributed by atoms with E-state index in [1.807, 2.05) is 83.1 Å². The first-order valence-corrected chi connectivity index (χ1v) is 12.9. The van der Waals surface area contributed by atoms with Crippen LogP contribution in [0.15, 0.2) is 66.7 Å². The zero-order valence-corrected chi connectivity index (χ0v) is 23.3. The van der Waals surface area contributed by atoms with Crippen molar-refractivity contribution in [2.24, 2.45) is 0 Å². The number of amides is 2. The van der Waals surface area contributed by atoms with Crippen LogP contribution in [0.1, 0.15) is 44.9 Å². The van der Waals surface area contributed by atoms with Crippen molar-refractivity contribution in [3.8, 4) is 11.5 Å². The average Bonchev–Trinajstić information content (AvgIpc) is 3.30. The fourth-order valence-corrected chi connectivity index (χ4v) is 4.47. The molecule has 0 radical (unpaired) electrons. The summed E-state index contributed by atoms with van der Waals surface area (Å²) in [6, 6.07) is 19.3. The molecule has 1 heterocycles. The summed E-state index contributed by atoms with van der Waals surface area (Å²) in [6.07, 6.45) is 0. The number of para-hydroxylation sites is 2. The number of benzene rings is 3. The van der Waals surface area contributed by atoms with E-state index in [2.05, 4.69) is 15.6 Å². The number of ether oxygens (including phenoxy) is 2. The normalized spacial score (nSPS) is 12.2. The van der Waals surface area contributed by atoms with Crippen molar-refractivity contribution in [3.63, 3.8) is 0 Å². The third kappa shape index (κ3) is 6.19. The van der Waals surface area contributed by atoms with Gasteiger partial charge in [0.25, 0.3) is 0 Å². The van der Waals surface area contributed by atoms with Gasteiger partial charge in [0, 0.05) is 11.2 Å². The number of rotatable bonds is 9. The molecule has 0 aliphatic heterocycles. The van der Waals surface area contributed by atoms with Crippen molar-refractivity contribution in [1.29, 1.82) is 0 Å². The van der Waals surface area contributed by atoms with Crippen molar-refractivity contribution >= 4 is 28.5 Å². The van der Waals surface area contributed by atoms with Crippen LogP contribution in [-0.2, 0) is 16.1 Å². The Kier molecular flexibility index (Phi) is 8.18. The van der Waals surface area contributed by atoms with Crippen LogP contribution >= 0.6 is 0 Å². The molecule has 0 aliphatic carbocycles. The summed E-state index contributed by atoms with van der Waals surface area (Å²) in [6.45, 7) is 9.87. The second-order valence-electron chi connectivity index (χ2n) is 10.3. The largest absolute Gasteiger partial charge is 0.493 e. The first kappa shape index (κ1) is 27.6. The molecule has 0 bridgehead atoms. The molecule has 204 valence electrons. The van der Waals surface area contributed by atoms with E-state index < -0.39 is 11.6 Å². The van der Waals surface area contributed by atoms with Crippen LogP contribution in [0.4, 0.5) is 5.69 Å². The van der Waals surface area contributed by atoms with Gasteiger partial charge in [-0.1, -0.05) is 41.6 Å². The number of aryl methyl sites for hydroxylation is 1. The summed E-state index contributed by atoms with van der Waals surface area (Å²) < 4.78 is 12.8. The molecular formula is C30H35N5O4. The van der Waals surface area contributed by atoms with E-state index in [9.17, 15) is 9.59 Å². The molecule has 1 aromatic heterocycles. The number of nitrogens with one attached hydrogen (secondary N) is 1. The number of nitrogens with zero attached hydrogens (tertiary/aromatic N) is 4. The zero-order chi connectivity index (χ0) is 28.2. The highest BCUT2D eigenvalue weighted by Crippen LogP contribution is 2.36. The molecule has 1 N–H and O–H groups in total. The number of carbonyl (C=O) groups is 2. The predicted octanol–water partition coefficient (Wildman–Crippen LogP) is 4.84. The van der Waals surface area contributed by atoms with Gasteiger partial charge in [-0.15, -0.1) is 5.10 Å². The summed E-state index contributed by atoms with van der Waals surface area (Å²) >= 11 is 0. The van der Waals surface area contributed by atoms with E-state index in [4.69, 9.17) is 9.47 Å². The lowest BCUT2D eigenvalue weighted by molar-refractivity contribution is -0.128. The molecule has 2 amide bonds. The fraction of sp³-hybridized carbons (Fsp3) is 0.333. The lowest BCUT2D eigenvalue weighted by Gasteiger charge is -2.34. The van der Waals surface area contributed by atoms with Crippen LogP contribution in [0.25, 0.3) is 11.0 Å². The van der Waals surface area contributed by atoms with E-state index in [-0.39, 0.29) is 18.4 Å². The number of hydrogen-bond acceptors (Lipinski definition) is 6. The highest BCUT2D eigenvalue weighted by atomic mass is 16.5. The quantitative estimate of drug-likeness (QED) is 0.333. The minimum atomic E-state index is -1.00. The third-order valence-electron chi connectivity index (χ3n) is 6.16. The lowest BCUT2D eigenvalue weighted by Crippen LogP contribution is -2.50. The van der Waals surface area contributed by atoms with Gasteiger partial charge < -0.3 is 14.8 Å². The molecule has 9 heteroatoms. The van der Waals surface area contributed by atoms with Crippen molar-refractivity contribution in [2.75, 3.05) is 18.6 Å². The van der Waals surface area contributed by atoms with Gasteiger partial charge in [0.15, 0.2) is 11.5 Å². The number of methoxy groups -OCH3 is 1. The molecule has 1 unspecified atom stereocenters. The van der Waals surface area contributed by atoms with E-state index in [0.29, 0.717) is 34.9 Å². The van der Waals surface area contributed by atoms with E-state index >= 15 is 0 Å². The van der Waals surface area contributed by atoms with Crippen LogP contribution in [0.5, 0.6) is 11.5 Å². The Bertz CT molecular complexity index is 1470. The molecule has 0 spiro atoms. The Hall–Kier alpha value is -4.40. The van der Waals surface area contributed by atoms with Crippen molar-refractivity contribution < 1.29 is 19.1 Å². The standard InChI is InChI=1S/C30H35N5O4/c1-7-39-25-17-16-21(18-26(25)38-6)28(29(37)31-30(3,4)5)35(23-14-10-8-12-20(23)2)27(36)19-34-24-15-11-9-13-22(24)32-33-34/h8-18,28H,7,19H2,1-6H3,(H,31,37). The van der Waals surface area contributed by atoms with Gasteiger partial charge in [-0.25, -0.2) is 4.68 Å². The first-order chi connectivity index (χ1) is 18.6. The number of carbonyl (C=O) groups excluding carboxylic acids is 2. The highest BCUT2D eigenvalue weighted by molar-refractivity contribution is 6.02. The van der Waals surface area contributed by atoms with E-state index in [0.717, 1.165) is 11.1 Å². The van der Waals surface area contributed by atoms with Gasteiger partial charge in [0.05, 0.1) is 19.2 Å². The summed E-state index contributed by atoms with van der Waals surface area (Å²) in [5.41, 5.74) is 2.93. The molecule has 0 fully saturated rings. The van der Waals surface area contributed by atoms with Crippen molar-refractivity contribution in [3.05, 3.63) is 77.9 Å². The van der Waals surface area contributed by atoms with Gasteiger partial charge in [-0.2, -0.15) is 0 Å². The van der Waals surface area contributed by atoms with Gasteiger partial charge in [0.1, 0.15) is 18.1 Å². The molecule has 9 nitrogen and oxygen atoms in total. The molecule has 0 saturated carbocycles. The second-order valence-corrected chi connectivity index (χ2v) is 10.3. The number of aromatic nitrogens is 3. The smallest absolute Gasteiger partial charge is 0.249 e. The summed E-state index contributed by atoms with van der Waals surface area (Å²) in [5, 5.41) is 11.5. The Labute approximate surface area is 228 Å². The van der Waals surface area contributed by atoms with E-state index in [1.54, 1.807) is 34.9 Å². The molecular weight excluding hydrogens is 494 g/mol. The maximum Gasteiger partial charge on any atom is 0.249 e. The molecule has 0 saturated heterocycles. The predicted molar refractivity (Wildman–Crippen MR) is 151 cm³/mol. The monoisotopic (exact) mass is 529 g/mol. The first-order valence-electron chi connectivity index (χ1n) is 12.9. The van der Waals surface area contributed by atoms with E-state index in [1.165, 1.54) is 0 Å². The maximum atomic E-state index is 14.2. The summed E-state index contributed by atoms with van der Waals surface area (Å²) in [4.78, 5) is 29.8. The highest BCUT2D eigenvalue weighted by Gasteiger charge is 2.36. The molecule has 4 rings (SSSR count).